The van der Waals surface area contributed by atoms with Crippen LogP contribution in [0.1, 0.15) is 30.4 Å². The lowest BCUT2D eigenvalue weighted by Crippen LogP contribution is -2.18. The molecule has 3 heteroatoms. The SMILES string of the molecule is CCN1CCc2cc(C3CC3C(=O)O)ccc21. The van der Waals surface area contributed by atoms with E-state index in [1.54, 1.807) is 0 Å². The molecule has 2 unspecified atom stereocenters. The summed E-state index contributed by atoms with van der Waals surface area (Å²) in [5, 5.41) is 8.95. The van der Waals surface area contributed by atoms with Gasteiger partial charge in [-0.1, -0.05) is 12.1 Å². The number of carboxylic acid groups (broad SMARTS) is 1. The molecule has 0 bridgehead atoms. The Bertz CT molecular complexity index is 469. The average Bonchev–Trinajstić information content (AvgIpc) is 3.03. The number of aliphatic carboxylic acids is 1. The first-order chi connectivity index (χ1) is 8.20. The Morgan fingerprint density at radius 2 is 2.35 bits per heavy atom. The predicted molar refractivity (Wildman–Crippen MR) is 66.5 cm³/mol. The number of likely N-dealkylation sites (N-methyl/N-ethyl adjacent to an activating group) is 1. The van der Waals surface area contributed by atoms with Crippen molar-refractivity contribution in [2.24, 2.45) is 5.92 Å². The molecule has 3 rings (SSSR count). The molecule has 2 atom stereocenters. The van der Waals surface area contributed by atoms with Crippen molar-refractivity contribution in [2.75, 3.05) is 18.0 Å². The standard InChI is InChI=1S/C14H17NO2/c1-2-15-6-5-10-7-9(3-4-13(10)15)11-8-12(11)14(16)17/h3-4,7,11-12H,2,5-6,8H2,1H3,(H,16,17). The van der Waals surface area contributed by atoms with E-state index in [0.29, 0.717) is 0 Å². The quantitative estimate of drug-likeness (QED) is 0.867. The first-order valence-electron chi connectivity index (χ1n) is 6.31. The van der Waals surface area contributed by atoms with E-state index >= 15 is 0 Å². The number of anilines is 1. The molecule has 2 aliphatic rings. The highest BCUT2D eigenvalue weighted by molar-refractivity contribution is 5.75. The molecule has 3 nitrogen and oxygen atoms in total. The monoisotopic (exact) mass is 231 g/mol. The second kappa shape index (κ2) is 3.76. The van der Waals surface area contributed by atoms with E-state index < -0.39 is 5.97 Å². The lowest BCUT2D eigenvalue weighted by atomic mass is 10.0. The molecule has 1 saturated carbocycles. The molecule has 0 spiro atoms. The molecule has 0 aromatic heterocycles. The average molecular weight is 231 g/mol. The van der Waals surface area contributed by atoms with Gasteiger partial charge >= 0.3 is 5.97 Å². The highest BCUT2D eigenvalue weighted by atomic mass is 16.4. The Labute approximate surface area is 101 Å². The maximum absolute atomic E-state index is 10.9. The maximum Gasteiger partial charge on any atom is 0.307 e. The van der Waals surface area contributed by atoms with Gasteiger partial charge < -0.3 is 10.0 Å². The lowest BCUT2D eigenvalue weighted by molar-refractivity contribution is -0.138. The number of hydrogen-bond donors (Lipinski definition) is 1. The Hall–Kier alpha value is -1.51. The van der Waals surface area contributed by atoms with Gasteiger partial charge in [0.2, 0.25) is 0 Å². The molecule has 1 heterocycles. The minimum Gasteiger partial charge on any atom is -0.481 e. The number of benzene rings is 1. The smallest absolute Gasteiger partial charge is 0.307 e. The number of nitrogens with zero attached hydrogens (tertiary/aromatic N) is 1. The number of fused-ring (bicyclic) bond motifs is 1. The van der Waals surface area contributed by atoms with E-state index in [4.69, 9.17) is 5.11 Å². The molecular weight excluding hydrogens is 214 g/mol. The van der Waals surface area contributed by atoms with E-state index in [2.05, 4.69) is 30.0 Å². The third kappa shape index (κ3) is 1.70. The van der Waals surface area contributed by atoms with Crippen LogP contribution >= 0.6 is 0 Å². The third-order valence-electron chi connectivity index (χ3n) is 4.01. The van der Waals surface area contributed by atoms with Crippen molar-refractivity contribution in [3.8, 4) is 0 Å². The van der Waals surface area contributed by atoms with Crippen LogP contribution in [-0.4, -0.2) is 24.2 Å². The Morgan fingerprint density at radius 3 is 3.00 bits per heavy atom. The molecule has 1 aliphatic carbocycles. The summed E-state index contributed by atoms with van der Waals surface area (Å²) >= 11 is 0. The van der Waals surface area contributed by atoms with Gasteiger partial charge in [0.1, 0.15) is 0 Å². The van der Waals surface area contributed by atoms with Crippen molar-refractivity contribution in [3.63, 3.8) is 0 Å². The first-order valence-corrected chi connectivity index (χ1v) is 6.31. The maximum atomic E-state index is 10.9. The molecule has 90 valence electrons. The number of rotatable bonds is 3. The van der Waals surface area contributed by atoms with Crippen LogP contribution in [0.4, 0.5) is 5.69 Å². The summed E-state index contributed by atoms with van der Waals surface area (Å²) in [5.41, 5.74) is 3.94. The van der Waals surface area contributed by atoms with E-state index in [1.165, 1.54) is 16.8 Å². The Balaban J connectivity index is 1.84. The molecule has 1 aliphatic heterocycles. The largest absolute Gasteiger partial charge is 0.481 e. The van der Waals surface area contributed by atoms with Crippen LogP contribution in [0.15, 0.2) is 18.2 Å². The Kier molecular flexibility index (Phi) is 2.35. The summed E-state index contributed by atoms with van der Waals surface area (Å²) in [5.74, 6) is -0.532. The molecular formula is C14H17NO2. The topological polar surface area (TPSA) is 40.5 Å². The van der Waals surface area contributed by atoms with Gasteiger partial charge in [-0.2, -0.15) is 0 Å². The van der Waals surface area contributed by atoms with Gasteiger partial charge in [0.05, 0.1) is 5.92 Å². The summed E-state index contributed by atoms with van der Waals surface area (Å²) in [6.45, 7) is 4.32. The van der Waals surface area contributed by atoms with Crippen LogP contribution in [0.5, 0.6) is 0 Å². The van der Waals surface area contributed by atoms with Crippen molar-refractivity contribution in [2.45, 2.75) is 25.7 Å². The minimum atomic E-state index is -0.648. The molecule has 0 amide bonds. The minimum absolute atomic E-state index is 0.142. The van der Waals surface area contributed by atoms with Gasteiger partial charge in [-0.05, 0) is 42.9 Å². The number of carboxylic acids is 1. The van der Waals surface area contributed by atoms with Crippen LogP contribution in [0.2, 0.25) is 0 Å². The van der Waals surface area contributed by atoms with Gasteiger partial charge in [0, 0.05) is 18.8 Å². The Morgan fingerprint density at radius 1 is 1.53 bits per heavy atom. The zero-order valence-electron chi connectivity index (χ0n) is 10.0. The van der Waals surface area contributed by atoms with Crippen LogP contribution in [0.3, 0.4) is 0 Å². The van der Waals surface area contributed by atoms with Crippen LogP contribution in [-0.2, 0) is 11.2 Å². The third-order valence-corrected chi connectivity index (χ3v) is 4.01. The van der Waals surface area contributed by atoms with E-state index in [-0.39, 0.29) is 11.8 Å². The molecule has 0 radical (unpaired) electrons. The van der Waals surface area contributed by atoms with Crippen LogP contribution < -0.4 is 4.90 Å². The zero-order valence-corrected chi connectivity index (χ0v) is 10.0. The van der Waals surface area contributed by atoms with Crippen molar-refractivity contribution < 1.29 is 9.90 Å². The molecule has 1 fully saturated rings. The van der Waals surface area contributed by atoms with Gasteiger partial charge in [-0.25, -0.2) is 0 Å². The molecule has 1 aromatic rings. The first kappa shape index (κ1) is 10.6. The molecule has 17 heavy (non-hydrogen) atoms. The number of hydrogen-bond acceptors (Lipinski definition) is 2. The van der Waals surface area contributed by atoms with Crippen molar-refractivity contribution in [1.82, 2.24) is 0 Å². The second-order valence-electron chi connectivity index (χ2n) is 5.00. The fraction of sp³-hybridized carbons (Fsp3) is 0.500. The zero-order chi connectivity index (χ0) is 12.0. The van der Waals surface area contributed by atoms with Crippen molar-refractivity contribution >= 4 is 11.7 Å². The summed E-state index contributed by atoms with van der Waals surface area (Å²) in [6.07, 6.45) is 1.91. The normalized spacial score (nSPS) is 25.8. The second-order valence-corrected chi connectivity index (χ2v) is 5.00. The van der Waals surface area contributed by atoms with Crippen molar-refractivity contribution in [1.29, 1.82) is 0 Å². The number of carbonyl (C=O) groups is 1. The van der Waals surface area contributed by atoms with Gasteiger partial charge in [0.15, 0.2) is 0 Å². The molecule has 1 aromatic carbocycles. The van der Waals surface area contributed by atoms with E-state index in [9.17, 15) is 4.79 Å². The van der Waals surface area contributed by atoms with Crippen LogP contribution in [0, 0.1) is 5.92 Å². The fourth-order valence-corrected chi connectivity index (χ4v) is 2.89. The van der Waals surface area contributed by atoms with Gasteiger partial charge in [0.25, 0.3) is 0 Å². The molecule has 1 N–H and O–H groups in total. The van der Waals surface area contributed by atoms with Crippen LogP contribution in [0.25, 0.3) is 0 Å². The van der Waals surface area contributed by atoms with E-state index in [0.717, 1.165) is 25.9 Å². The summed E-state index contributed by atoms with van der Waals surface area (Å²) in [4.78, 5) is 13.2. The highest BCUT2D eigenvalue weighted by Gasteiger charge is 2.44. The summed E-state index contributed by atoms with van der Waals surface area (Å²) in [6, 6.07) is 6.50. The van der Waals surface area contributed by atoms with Gasteiger partial charge in [-0.15, -0.1) is 0 Å². The summed E-state index contributed by atoms with van der Waals surface area (Å²) in [7, 11) is 0. The fourth-order valence-electron chi connectivity index (χ4n) is 2.89. The van der Waals surface area contributed by atoms with Gasteiger partial charge in [-0.3, -0.25) is 4.79 Å². The lowest BCUT2D eigenvalue weighted by Gasteiger charge is -2.16. The molecule has 0 saturated heterocycles. The van der Waals surface area contributed by atoms with E-state index in [1.807, 2.05) is 0 Å². The van der Waals surface area contributed by atoms with Crippen molar-refractivity contribution in [3.05, 3.63) is 29.3 Å². The summed E-state index contributed by atoms with van der Waals surface area (Å²) < 4.78 is 0. The highest BCUT2D eigenvalue weighted by Crippen LogP contribution is 2.48. The predicted octanol–water partition coefficient (Wildman–Crippen LogP) is 2.26.